The maximum Gasteiger partial charge on any atom is 0.0167 e. The molecule has 0 radical (unpaired) electrons. The molecule has 3 nitrogen and oxygen atoms in total. The van der Waals surface area contributed by atoms with E-state index in [0.717, 1.165) is 5.92 Å². The van der Waals surface area contributed by atoms with Crippen LogP contribution in [0.15, 0.2) is 0 Å². The first kappa shape index (κ1) is 13.2. The molecule has 2 saturated heterocycles. The lowest BCUT2D eigenvalue weighted by molar-refractivity contribution is 0.164. The zero-order valence-electron chi connectivity index (χ0n) is 9.67. The normalized spacial score (nSPS) is 29.8. The van der Waals surface area contributed by atoms with E-state index in [4.69, 9.17) is 0 Å². The van der Waals surface area contributed by atoms with Gasteiger partial charge in [0.25, 0.3) is 0 Å². The number of nitrogens with zero attached hydrogens (tertiary/aromatic N) is 1. The minimum atomic E-state index is 0. The Kier molecular flexibility index (Phi) is 5.90. The zero-order chi connectivity index (χ0) is 9.80. The van der Waals surface area contributed by atoms with Crippen molar-refractivity contribution in [1.82, 2.24) is 15.5 Å². The molecule has 0 aromatic rings. The molecule has 2 fully saturated rings. The molecule has 2 aliphatic heterocycles. The fourth-order valence-corrected chi connectivity index (χ4v) is 2.61. The van der Waals surface area contributed by atoms with Crippen LogP contribution in [0.3, 0.4) is 0 Å². The zero-order valence-corrected chi connectivity index (χ0v) is 10.5. The molecular weight excluding hydrogens is 210 g/mol. The maximum absolute atomic E-state index is 3.50. The Bertz CT molecular complexity index is 171. The fourth-order valence-electron chi connectivity index (χ4n) is 2.61. The standard InChI is InChI=1S/C11H23N3.ClH/c1-10-8-14(7-6-13-10)9-11-2-4-12-5-3-11;/h10-13H,2-9H2,1H3;1H/t10-;/m0./s1. The number of rotatable bonds is 2. The molecular formula is C11H24ClN3. The average molecular weight is 234 g/mol. The molecule has 0 aromatic carbocycles. The number of nitrogens with one attached hydrogen (secondary N) is 2. The summed E-state index contributed by atoms with van der Waals surface area (Å²) in [5, 5.41) is 6.93. The van der Waals surface area contributed by atoms with Crippen LogP contribution in [0.4, 0.5) is 0 Å². The monoisotopic (exact) mass is 233 g/mol. The third-order valence-corrected chi connectivity index (χ3v) is 3.43. The van der Waals surface area contributed by atoms with E-state index in [1.807, 2.05) is 0 Å². The van der Waals surface area contributed by atoms with Gasteiger partial charge in [-0.1, -0.05) is 0 Å². The third kappa shape index (κ3) is 4.27. The molecule has 2 N–H and O–H groups in total. The van der Waals surface area contributed by atoms with Gasteiger partial charge in [-0.2, -0.15) is 0 Å². The largest absolute Gasteiger partial charge is 0.317 e. The fraction of sp³-hybridized carbons (Fsp3) is 1.00. The number of piperidine rings is 1. The lowest BCUT2D eigenvalue weighted by Crippen LogP contribution is -2.51. The van der Waals surface area contributed by atoms with Gasteiger partial charge in [0.05, 0.1) is 0 Å². The van der Waals surface area contributed by atoms with Crippen LogP contribution in [0.1, 0.15) is 19.8 Å². The molecule has 1 atom stereocenters. The van der Waals surface area contributed by atoms with Crippen molar-refractivity contribution < 1.29 is 0 Å². The average Bonchev–Trinajstić information content (AvgIpc) is 2.19. The summed E-state index contributed by atoms with van der Waals surface area (Å²) in [5.41, 5.74) is 0. The Balaban J connectivity index is 0.00000112. The predicted octanol–water partition coefficient (Wildman–Crippen LogP) is 0.701. The molecule has 2 rings (SSSR count). The summed E-state index contributed by atoms with van der Waals surface area (Å²) in [6.45, 7) is 9.73. The van der Waals surface area contributed by atoms with Crippen LogP contribution in [0, 0.1) is 5.92 Å². The number of piperazine rings is 1. The highest BCUT2D eigenvalue weighted by atomic mass is 35.5. The van der Waals surface area contributed by atoms with Gasteiger partial charge in [-0.15, -0.1) is 12.4 Å². The molecule has 0 amide bonds. The van der Waals surface area contributed by atoms with Gasteiger partial charge in [-0.05, 0) is 38.8 Å². The number of halogens is 1. The van der Waals surface area contributed by atoms with Crippen molar-refractivity contribution in [3.63, 3.8) is 0 Å². The molecule has 90 valence electrons. The van der Waals surface area contributed by atoms with Gasteiger partial charge in [0.2, 0.25) is 0 Å². The summed E-state index contributed by atoms with van der Waals surface area (Å²) in [4.78, 5) is 2.64. The Labute approximate surface area is 99.4 Å². The predicted molar refractivity (Wildman–Crippen MR) is 66.7 cm³/mol. The van der Waals surface area contributed by atoms with E-state index in [1.54, 1.807) is 0 Å². The molecule has 0 unspecified atom stereocenters. The van der Waals surface area contributed by atoms with Crippen LogP contribution < -0.4 is 10.6 Å². The first-order valence-electron chi connectivity index (χ1n) is 6.01. The van der Waals surface area contributed by atoms with Gasteiger partial charge in [-0.3, -0.25) is 0 Å². The van der Waals surface area contributed by atoms with E-state index in [9.17, 15) is 0 Å². The third-order valence-electron chi connectivity index (χ3n) is 3.43. The van der Waals surface area contributed by atoms with Crippen molar-refractivity contribution in [3.8, 4) is 0 Å². The first-order chi connectivity index (χ1) is 6.84. The molecule has 0 spiro atoms. The molecule has 2 heterocycles. The minimum Gasteiger partial charge on any atom is -0.317 e. The quantitative estimate of drug-likeness (QED) is 0.736. The van der Waals surface area contributed by atoms with Crippen molar-refractivity contribution in [2.24, 2.45) is 5.92 Å². The van der Waals surface area contributed by atoms with Crippen LogP contribution in [0.25, 0.3) is 0 Å². The Morgan fingerprint density at radius 3 is 2.60 bits per heavy atom. The molecule has 0 bridgehead atoms. The smallest absolute Gasteiger partial charge is 0.0167 e. The van der Waals surface area contributed by atoms with Gasteiger partial charge >= 0.3 is 0 Å². The summed E-state index contributed by atoms with van der Waals surface area (Å²) in [5.74, 6) is 0.946. The summed E-state index contributed by atoms with van der Waals surface area (Å²) in [6.07, 6.45) is 2.75. The van der Waals surface area contributed by atoms with Crippen molar-refractivity contribution in [2.75, 3.05) is 39.3 Å². The van der Waals surface area contributed by atoms with E-state index >= 15 is 0 Å². The van der Waals surface area contributed by atoms with E-state index in [1.165, 1.54) is 52.1 Å². The summed E-state index contributed by atoms with van der Waals surface area (Å²) in [6, 6.07) is 0.686. The van der Waals surface area contributed by atoms with E-state index in [0.29, 0.717) is 6.04 Å². The molecule has 15 heavy (non-hydrogen) atoms. The van der Waals surface area contributed by atoms with Crippen molar-refractivity contribution >= 4 is 12.4 Å². The van der Waals surface area contributed by atoms with Gasteiger partial charge in [0.1, 0.15) is 0 Å². The highest BCUT2D eigenvalue weighted by Gasteiger charge is 2.20. The van der Waals surface area contributed by atoms with Crippen LogP contribution in [-0.4, -0.2) is 50.2 Å². The minimum absolute atomic E-state index is 0. The molecule has 2 aliphatic rings. The van der Waals surface area contributed by atoms with Crippen LogP contribution in [-0.2, 0) is 0 Å². The van der Waals surface area contributed by atoms with Crippen LogP contribution in [0.2, 0.25) is 0 Å². The maximum atomic E-state index is 3.50. The second-order valence-corrected chi connectivity index (χ2v) is 4.81. The molecule has 4 heteroatoms. The highest BCUT2D eigenvalue weighted by Crippen LogP contribution is 2.14. The van der Waals surface area contributed by atoms with Crippen molar-refractivity contribution in [2.45, 2.75) is 25.8 Å². The first-order valence-corrected chi connectivity index (χ1v) is 6.01. The van der Waals surface area contributed by atoms with Gasteiger partial charge < -0.3 is 15.5 Å². The second-order valence-electron chi connectivity index (χ2n) is 4.81. The summed E-state index contributed by atoms with van der Waals surface area (Å²) < 4.78 is 0. The van der Waals surface area contributed by atoms with Crippen molar-refractivity contribution in [1.29, 1.82) is 0 Å². The molecule has 0 aliphatic carbocycles. The number of hydrogen-bond acceptors (Lipinski definition) is 3. The Morgan fingerprint density at radius 1 is 1.20 bits per heavy atom. The lowest BCUT2D eigenvalue weighted by Gasteiger charge is -2.35. The van der Waals surface area contributed by atoms with E-state index < -0.39 is 0 Å². The van der Waals surface area contributed by atoms with Gasteiger partial charge in [0.15, 0.2) is 0 Å². The van der Waals surface area contributed by atoms with E-state index in [2.05, 4.69) is 22.5 Å². The molecule has 0 saturated carbocycles. The Morgan fingerprint density at radius 2 is 1.93 bits per heavy atom. The second kappa shape index (κ2) is 6.69. The lowest BCUT2D eigenvalue weighted by atomic mass is 9.97. The topological polar surface area (TPSA) is 27.3 Å². The van der Waals surface area contributed by atoms with Crippen molar-refractivity contribution in [3.05, 3.63) is 0 Å². The SMILES string of the molecule is C[C@H]1CN(CC2CCNCC2)CCN1.Cl. The molecule has 0 aromatic heterocycles. The Hall–Kier alpha value is 0.170. The van der Waals surface area contributed by atoms with Crippen LogP contribution in [0.5, 0.6) is 0 Å². The highest BCUT2D eigenvalue weighted by molar-refractivity contribution is 5.85. The van der Waals surface area contributed by atoms with Gasteiger partial charge in [-0.25, -0.2) is 0 Å². The summed E-state index contributed by atoms with van der Waals surface area (Å²) in [7, 11) is 0. The van der Waals surface area contributed by atoms with Gasteiger partial charge in [0, 0.05) is 32.2 Å². The number of hydrogen-bond donors (Lipinski definition) is 2. The summed E-state index contributed by atoms with van der Waals surface area (Å²) >= 11 is 0. The van der Waals surface area contributed by atoms with Crippen LogP contribution >= 0.6 is 12.4 Å². The van der Waals surface area contributed by atoms with E-state index in [-0.39, 0.29) is 12.4 Å².